The summed E-state index contributed by atoms with van der Waals surface area (Å²) in [6.45, 7) is 4.88. The van der Waals surface area contributed by atoms with Gasteiger partial charge in [-0.25, -0.2) is 9.78 Å². The van der Waals surface area contributed by atoms with Crippen molar-refractivity contribution in [3.8, 4) is 11.5 Å². The molecule has 1 aliphatic rings. The van der Waals surface area contributed by atoms with E-state index in [2.05, 4.69) is 15.6 Å². The van der Waals surface area contributed by atoms with E-state index in [4.69, 9.17) is 4.42 Å². The summed E-state index contributed by atoms with van der Waals surface area (Å²) in [5.74, 6) is 1.17. The molecule has 3 amide bonds. The van der Waals surface area contributed by atoms with Crippen LogP contribution in [0.1, 0.15) is 24.3 Å². The van der Waals surface area contributed by atoms with Crippen molar-refractivity contribution >= 4 is 23.3 Å². The van der Waals surface area contributed by atoms with E-state index in [0.29, 0.717) is 37.5 Å². The highest BCUT2D eigenvalue weighted by molar-refractivity contribution is 5.93. The summed E-state index contributed by atoms with van der Waals surface area (Å²) < 4.78 is 5.69. The number of aryl methyl sites for hydroxylation is 2. The van der Waals surface area contributed by atoms with Crippen LogP contribution in [0.4, 0.5) is 16.2 Å². The molecule has 2 N–H and O–H groups in total. The van der Waals surface area contributed by atoms with Crippen molar-refractivity contribution in [3.63, 3.8) is 0 Å². The molecule has 2 heterocycles. The number of benzene rings is 2. The SMILES string of the molecule is Cc1nc(-c2cccc(NC(=O)C3CCN(C(=O)Nc4ccccc4)CC3)c2)oc1C. The van der Waals surface area contributed by atoms with Gasteiger partial charge in [-0.3, -0.25) is 4.79 Å². The summed E-state index contributed by atoms with van der Waals surface area (Å²) in [5.41, 5.74) is 3.15. The lowest BCUT2D eigenvalue weighted by atomic mass is 9.96. The van der Waals surface area contributed by atoms with Crippen molar-refractivity contribution in [1.29, 1.82) is 0 Å². The maximum absolute atomic E-state index is 12.8. The number of piperidine rings is 1. The summed E-state index contributed by atoms with van der Waals surface area (Å²) in [4.78, 5) is 31.4. The first-order valence-electron chi connectivity index (χ1n) is 10.5. The second-order valence-electron chi connectivity index (χ2n) is 7.79. The van der Waals surface area contributed by atoms with Gasteiger partial charge in [-0.05, 0) is 57.0 Å². The summed E-state index contributed by atoms with van der Waals surface area (Å²) >= 11 is 0. The molecule has 0 bridgehead atoms. The molecule has 31 heavy (non-hydrogen) atoms. The van der Waals surface area contributed by atoms with Crippen molar-refractivity contribution in [2.45, 2.75) is 26.7 Å². The van der Waals surface area contributed by atoms with E-state index in [1.165, 1.54) is 0 Å². The van der Waals surface area contributed by atoms with Crippen molar-refractivity contribution in [2.75, 3.05) is 23.7 Å². The minimum Gasteiger partial charge on any atom is -0.441 e. The molecule has 3 aromatic rings. The van der Waals surface area contributed by atoms with Gasteiger partial charge in [0, 0.05) is 35.9 Å². The van der Waals surface area contributed by atoms with Crippen LogP contribution in [0.2, 0.25) is 0 Å². The van der Waals surface area contributed by atoms with Crippen LogP contribution < -0.4 is 10.6 Å². The Labute approximate surface area is 181 Å². The second-order valence-corrected chi connectivity index (χ2v) is 7.79. The average molecular weight is 418 g/mol. The highest BCUT2D eigenvalue weighted by atomic mass is 16.4. The number of aromatic nitrogens is 1. The first-order chi connectivity index (χ1) is 15.0. The maximum Gasteiger partial charge on any atom is 0.321 e. The van der Waals surface area contributed by atoms with Crippen LogP contribution in [0.25, 0.3) is 11.5 Å². The smallest absolute Gasteiger partial charge is 0.321 e. The molecular weight excluding hydrogens is 392 g/mol. The number of anilines is 2. The number of rotatable bonds is 4. The van der Waals surface area contributed by atoms with Gasteiger partial charge in [0.25, 0.3) is 0 Å². The molecule has 0 saturated carbocycles. The Balaban J connectivity index is 1.32. The zero-order valence-electron chi connectivity index (χ0n) is 17.7. The number of para-hydroxylation sites is 1. The molecule has 1 aliphatic heterocycles. The highest BCUT2D eigenvalue weighted by Crippen LogP contribution is 2.25. The van der Waals surface area contributed by atoms with Gasteiger partial charge >= 0.3 is 6.03 Å². The molecule has 0 unspecified atom stereocenters. The van der Waals surface area contributed by atoms with Crippen LogP contribution in [0.15, 0.2) is 59.0 Å². The number of carbonyl (C=O) groups excluding carboxylic acids is 2. The number of urea groups is 1. The van der Waals surface area contributed by atoms with Gasteiger partial charge in [0.15, 0.2) is 0 Å². The molecular formula is C24H26N4O3. The van der Waals surface area contributed by atoms with E-state index in [9.17, 15) is 9.59 Å². The molecule has 160 valence electrons. The lowest BCUT2D eigenvalue weighted by Gasteiger charge is -2.31. The number of nitrogens with zero attached hydrogens (tertiary/aromatic N) is 2. The standard InChI is InChI=1S/C24H26N4O3/c1-16-17(2)31-23(25-16)19-7-6-10-21(15-19)26-22(29)18-11-13-28(14-12-18)24(30)27-20-8-4-3-5-9-20/h3-10,15,18H,11-14H2,1-2H3,(H,26,29)(H,27,30). The van der Waals surface area contributed by atoms with E-state index in [-0.39, 0.29) is 17.9 Å². The molecule has 2 aromatic carbocycles. The first kappa shape index (κ1) is 20.7. The van der Waals surface area contributed by atoms with Crippen molar-refractivity contribution in [1.82, 2.24) is 9.88 Å². The maximum atomic E-state index is 12.8. The summed E-state index contributed by atoms with van der Waals surface area (Å²) in [6.07, 6.45) is 1.26. The zero-order valence-corrected chi connectivity index (χ0v) is 17.7. The minimum absolute atomic E-state index is 0.0277. The van der Waals surface area contributed by atoms with E-state index < -0.39 is 0 Å². The van der Waals surface area contributed by atoms with Crippen LogP contribution in [0.5, 0.6) is 0 Å². The Bertz CT molecular complexity index is 1050. The van der Waals surface area contributed by atoms with Gasteiger partial charge in [0.05, 0.1) is 5.69 Å². The molecule has 0 aliphatic carbocycles. The van der Waals surface area contributed by atoms with Crippen LogP contribution in [0.3, 0.4) is 0 Å². The van der Waals surface area contributed by atoms with Gasteiger partial charge in [0.1, 0.15) is 5.76 Å². The summed E-state index contributed by atoms with van der Waals surface area (Å²) in [6, 6.07) is 16.7. The Hall–Kier alpha value is -3.61. The number of hydrogen-bond acceptors (Lipinski definition) is 4. The monoisotopic (exact) mass is 418 g/mol. The number of nitrogens with one attached hydrogen (secondary N) is 2. The van der Waals surface area contributed by atoms with Gasteiger partial charge in [0.2, 0.25) is 11.8 Å². The zero-order chi connectivity index (χ0) is 21.8. The van der Waals surface area contributed by atoms with Crippen molar-refractivity contribution < 1.29 is 14.0 Å². The highest BCUT2D eigenvalue weighted by Gasteiger charge is 2.27. The van der Waals surface area contributed by atoms with Crippen molar-refractivity contribution in [3.05, 3.63) is 66.1 Å². The predicted molar refractivity (Wildman–Crippen MR) is 120 cm³/mol. The van der Waals surface area contributed by atoms with Gasteiger partial charge in [-0.2, -0.15) is 0 Å². The van der Waals surface area contributed by atoms with E-state index in [1.807, 2.05) is 68.4 Å². The lowest BCUT2D eigenvalue weighted by Crippen LogP contribution is -2.43. The van der Waals surface area contributed by atoms with Crippen LogP contribution in [-0.2, 0) is 4.79 Å². The third-order valence-electron chi connectivity index (χ3n) is 5.58. The predicted octanol–water partition coefficient (Wildman–Crippen LogP) is 4.84. The molecule has 1 fully saturated rings. The topological polar surface area (TPSA) is 87.5 Å². The fourth-order valence-electron chi connectivity index (χ4n) is 3.64. The number of likely N-dealkylation sites (tertiary alicyclic amines) is 1. The number of carbonyl (C=O) groups is 2. The number of hydrogen-bond donors (Lipinski definition) is 2. The molecule has 4 rings (SSSR count). The fourth-order valence-corrected chi connectivity index (χ4v) is 3.64. The largest absolute Gasteiger partial charge is 0.441 e. The minimum atomic E-state index is -0.130. The number of amides is 3. The van der Waals surface area contributed by atoms with Crippen molar-refractivity contribution in [2.24, 2.45) is 5.92 Å². The number of oxazole rings is 1. The molecule has 7 nitrogen and oxygen atoms in total. The van der Waals surface area contributed by atoms with E-state index in [1.54, 1.807) is 4.90 Å². The van der Waals surface area contributed by atoms with E-state index in [0.717, 1.165) is 22.7 Å². The Morgan fingerprint density at radius 2 is 1.68 bits per heavy atom. The Morgan fingerprint density at radius 3 is 2.35 bits per heavy atom. The molecule has 0 radical (unpaired) electrons. The third-order valence-corrected chi connectivity index (χ3v) is 5.58. The molecule has 1 saturated heterocycles. The second kappa shape index (κ2) is 9.04. The molecule has 0 spiro atoms. The fraction of sp³-hybridized carbons (Fsp3) is 0.292. The van der Waals surface area contributed by atoms with Crippen LogP contribution >= 0.6 is 0 Å². The average Bonchev–Trinajstić information content (AvgIpc) is 3.13. The Kier molecular flexibility index (Phi) is 6.02. The molecule has 1 aromatic heterocycles. The summed E-state index contributed by atoms with van der Waals surface area (Å²) in [7, 11) is 0. The van der Waals surface area contributed by atoms with Crippen LogP contribution in [-0.4, -0.2) is 34.9 Å². The van der Waals surface area contributed by atoms with Gasteiger partial charge < -0.3 is 20.0 Å². The Morgan fingerprint density at radius 1 is 0.968 bits per heavy atom. The lowest BCUT2D eigenvalue weighted by molar-refractivity contribution is -0.121. The molecule has 7 heteroatoms. The van der Waals surface area contributed by atoms with E-state index >= 15 is 0 Å². The third kappa shape index (κ3) is 4.94. The van der Waals surface area contributed by atoms with Gasteiger partial charge in [-0.15, -0.1) is 0 Å². The van der Waals surface area contributed by atoms with Gasteiger partial charge in [-0.1, -0.05) is 24.3 Å². The summed E-state index contributed by atoms with van der Waals surface area (Å²) in [5, 5.41) is 5.89. The van der Waals surface area contributed by atoms with Crippen LogP contribution in [0, 0.1) is 19.8 Å². The first-order valence-corrected chi connectivity index (χ1v) is 10.5. The normalized spacial score (nSPS) is 14.3. The molecule has 0 atom stereocenters. The quantitative estimate of drug-likeness (QED) is 0.635.